The zero-order valence-corrected chi connectivity index (χ0v) is 12.7. The predicted octanol–water partition coefficient (Wildman–Crippen LogP) is 2.84. The van der Waals surface area contributed by atoms with Crippen LogP contribution in [0.3, 0.4) is 0 Å². The summed E-state index contributed by atoms with van der Waals surface area (Å²) in [6, 6.07) is 1.90. The minimum Gasteiger partial charge on any atom is -0.311 e. The number of fused-ring (bicyclic) bond motifs is 1. The Morgan fingerprint density at radius 3 is 3.20 bits per heavy atom. The van der Waals surface area contributed by atoms with Gasteiger partial charge in [-0.05, 0) is 30.8 Å². The summed E-state index contributed by atoms with van der Waals surface area (Å²) in [5, 5.41) is 7.44. The van der Waals surface area contributed by atoms with Crippen molar-refractivity contribution in [3.05, 3.63) is 35.9 Å². The van der Waals surface area contributed by atoms with E-state index in [1.54, 1.807) is 35.6 Å². The molecular formula is C13H15N5S2. The van der Waals surface area contributed by atoms with E-state index in [4.69, 9.17) is 4.98 Å². The van der Waals surface area contributed by atoms with E-state index < -0.39 is 0 Å². The lowest BCUT2D eigenvalue weighted by molar-refractivity contribution is 0.653. The summed E-state index contributed by atoms with van der Waals surface area (Å²) in [5.74, 6) is 0. The molecule has 3 aromatic heterocycles. The van der Waals surface area contributed by atoms with Gasteiger partial charge in [-0.15, -0.1) is 11.3 Å². The van der Waals surface area contributed by atoms with Crippen molar-refractivity contribution >= 4 is 28.1 Å². The molecule has 3 aromatic rings. The third-order valence-corrected chi connectivity index (χ3v) is 4.53. The van der Waals surface area contributed by atoms with Crippen LogP contribution in [0.25, 0.3) is 4.96 Å². The third-order valence-electron chi connectivity index (χ3n) is 2.80. The molecule has 20 heavy (non-hydrogen) atoms. The van der Waals surface area contributed by atoms with Gasteiger partial charge in [-0.25, -0.2) is 15.0 Å². The molecule has 7 heteroatoms. The number of hydrogen-bond donors (Lipinski definition) is 1. The van der Waals surface area contributed by atoms with Crippen LogP contribution >= 0.6 is 23.1 Å². The largest absolute Gasteiger partial charge is 0.311 e. The first-order chi connectivity index (χ1) is 9.88. The highest BCUT2D eigenvalue weighted by Gasteiger charge is 2.14. The second-order valence-electron chi connectivity index (χ2n) is 4.25. The second kappa shape index (κ2) is 6.34. The number of aromatic nitrogens is 4. The number of nitrogens with zero attached hydrogens (tertiary/aromatic N) is 4. The normalized spacial score (nSPS) is 11.2. The van der Waals surface area contributed by atoms with Crippen LogP contribution in [-0.2, 0) is 6.54 Å². The van der Waals surface area contributed by atoms with E-state index in [0.717, 1.165) is 34.5 Å². The molecule has 0 saturated carbocycles. The molecule has 0 aliphatic carbocycles. The quantitative estimate of drug-likeness (QED) is 0.560. The molecule has 3 rings (SSSR count). The Labute approximate surface area is 125 Å². The van der Waals surface area contributed by atoms with Crippen molar-refractivity contribution in [2.75, 3.05) is 6.54 Å². The van der Waals surface area contributed by atoms with Gasteiger partial charge in [0.15, 0.2) is 4.96 Å². The van der Waals surface area contributed by atoms with Crippen LogP contribution in [-0.4, -0.2) is 25.9 Å². The van der Waals surface area contributed by atoms with Gasteiger partial charge in [0, 0.05) is 24.3 Å². The molecule has 104 valence electrons. The molecule has 0 bridgehead atoms. The maximum Gasteiger partial charge on any atom is 0.194 e. The topological polar surface area (TPSA) is 55.1 Å². The molecule has 5 nitrogen and oxygen atoms in total. The smallest absolute Gasteiger partial charge is 0.194 e. The molecule has 0 amide bonds. The monoisotopic (exact) mass is 305 g/mol. The maximum absolute atomic E-state index is 4.69. The summed E-state index contributed by atoms with van der Waals surface area (Å²) < 4.78 is 2.15. The lowest BCUT2D eigenvalue weighted by atomic mass is 10.4. The molecule has 0 spiro atoms. The van der Waals surface area contributed by atoms with E-state index in [1.807, 2.05) is 6.07 Å². The Balaban J connectivity index is 1.88. The highest BCUT2D eigenvalue weighted by Crippen LogP contribution is 2.30. The molecule has 0 aliphatic rings. The van der Waals surface area contributed by atoms with Gasteiger partial charge >= 0.3 is 0 Å². The lowest BCUT2D eigenvalue weighted by Gasteiger charge is -2.05. The van der Waals surface area contributed by atoms with E-state index in [9.17, 15) is 0 Å². The second-order valence-corrected chi connectivity index (χ2v) is 6.13. The van der Waals surface area contributed by atoms with Crippen LogP contribution in [0.5, 0.6) is 0 Å². The van der Waals surface area contributed by atoms with E-state index in [0.29, 0.717) is 0 Å². The van der Waals surface area contributed by atoms with Crippen LogP contribution in [0.15, 0.2) is 40.2 Å². The van der Waals surface area contributed by atoms with Gasteiger partial charge in [-0.1, -0.05) is 6.92 Å². The van der Waals surface area contributed by atoms with Gasteiger partial charge in [0.25, 0.3) is 0 Å². The molecular weight excluding hydrogens is 290 g/mol. The summed E-state index contributed by atoms with van der Waals surface area (Å²) in [5.41, 5.74) is 1.19. The molecule has 0 unspecified atom stereocenters. The Hall–Kier alpha value is -1.44. The van der Waals surface area contributed by atoms with Crippen molar-refractivity contribution in [3.8, 4) is 0 Å². The number of rotatable bonds is 6. The zero-order valence-electron chi connectivity index (χ0n) is 11.1. The van der Waals surface area contributed by atoms with Gasteiger partial charge in [0.2, 0.25) is 0 Å². The van der Waals surface area contributed by atoms with E-state index in [2.05, 4.69) is 38.2 Å². The van der Waals surface area contributed by atoms with E-state index in [-0.39, 0.29) is 0 Å². The van der Waals surface area contributed by atoms with E-state index >= 15 is 0 Å². The molecule has 3 heterocycles. The zero-order chi connectivity index (χ0) is 13.8. The van der Waals surface area contributed by atoms with Gasteiger partial charge in [0.1, 0.15) is 16.4 Å². The third kappa shape index (κ3) is 2.84. The summed E-state index contributed by atoms with van der Waals surface area (Å²) in [4.78, 5) is 13.9. The first kappa shape index (κ1) is 13.5. The van der Waals surface area contributed by atoms with Crippen molar-refractivity contribution in [2.45, 2.75) is 29.9 Å². The van der Waals surface area contributed by atoms with Crippen molar-refractivity contribution in [1.82, 2.24) is 24.7 Å². The van der Waals surface area contributed by atoms with Gasteiger partial charge < -0.3 is 5.32 Å². The van der Waals surface area contributed by atoms with Crippen molar-refractivity contribution in [2.24, 2.45) is 0 Å². The molecule has 0 aromatic carbocycles. The fourth-order valence-electron chi connectivity index (χ4n) is 1.88. The summed E-state index contributed by atoms with van der Waals surface area (Å²) in [7, 11) is 0. The average molecular weight is 305 g/mol. The Kier molecular flexibility index (Phi) is 4.29. The predicted molar refractivity (Wildman–Crippen MR) is 81.2 cm³/mol. The first-order valence-corrected chi connectivity index (χ1v) is 8.17. The number of imidazole rings is 1. The minimum absolute atomic E-state index is 0.819. The number of thiazole rings is 1. The summed E-state index contributed by atoms with van der Waals surface area (Å²) in [6.45, 7) is 3.99. The number of nitrogens with one attached hydrogen (secondary N) is 1. The molecule has 0 atom stereocenters. The fraction of sp³-hybridized carbons (Fsp3) is 0.308. The molecule has 0 saturated heterocycles. The Morgan fingerprint density at radius 2 is 2.40 bits per heavy atom. The van der Waals surface area contributed by atoms with Crippen LogP contribution in [0, 0.1) is 0 Å². The Morgan fingerprint density at radius 1 is 1.45 bits per heavy atom. The van der Waals surface area contributed by atoms with Crippen molar-refractivity contribution in [1.29, 1.82) is 0 Å². The van der Waals surface area contributed by atoms with Gasteiger partial charge in [-0.3, -0.25) is 4.40 Å². The fourth-order valence-corrected chi connectivity index (χ4v) is 3.51. The van der Waals surface area contributed by atoms with Gasteiger partial charge in [-0.2, -0.15) is 0 Å². The SMILES string of the molecule is CCCNCc1c(Sc2ccncn2)nc2sccn12. The van der Waals surface area contributed by atoms with Crippen LogP contribution < -0.4 is 5.32 Å². The summed E-state index contributed by atoms with van der Waals surface area (Å²) in [6.07, 6.45) is 6.51. The van der Waals surface area contributed by atoms with Crippen LogP contribution in [0.2, 0.25) is 0 Å². The number of hydrogen-bond acceptors (Lipinski definition) is 6. The first-order valence-electron chi connectivity index (χ1n) is 6.47. The van der Waals surface area contributed by atoms with Crippen LogP contribution in [0.1, 0.15) is 19.0 Å². The van der Waals surface area contributed by atoms with Gasteiger partial charge in [0.05, 0.1) is 5.69 Å². The van der Waals surface area contributed by atoms with Crippen LogP contribution in [0.4, 0.5) is 0 Å². The molecule has 0 aliphatic heterocycles. The van der Waals surface area contributed by atoms with Crippen molar-refractivity contribution in [3.63, 3.8) is 0 Å². The highest BCUT2D eigenvalue weighted by molar-refractivity contribution is 7.99. The standard InChI is InChI=1S/C13H15N5S2/c1-2-4-14-8-10-12(17-13-18(10)6-7-19-13)20-11-3-5-15-9-16-11/h3,5-7,9,14H,2,4,8H2,1H3. The minimum atomic E-state index is 0.819. The highest BCUT2D eigenvalue weighted by atomic mass is 32.2. The van der Waals surface area contributed by atoms with E-state index in [1.165, 1.54) is 5.69 Å². The lowest BCUT2D eigenvalue weighted by Crippen LogP contribution is -2.15. The Bertz CT molecular complexity index is 676. The van der Waals surface area contributed by atoms with Crippen molar-refractivity contribution < 1.29 is 0 Å². The molecule has 1 N–H and O–H groups in total. The summed E-state index contributed by atoms with van der Waals surface area (Å²) >= 11 is 3.24. The average Bonchev–Trinajstić information content (AvgIpc) is 3.03. The molecule has 0 fully saturated rings. The molecule has 0 radical (unpaired) electrons. The maximum atomic E-state index is 4.69.